The molecule has 148 valence electrons. The van der Waals surface area contributed by atoms with E-state index in [4.69, 9.17) is 9.47 Å². The molecule has 3 rings (SSSR count). The molecule has 8 heteroatoms. The second-order valence-corrected chi connectivity index (χ2v) is 6.86. The molecule has 0 saturated carbocycles. The zero-order valence-corrected chi connectivity index (χ0v) is 16.0. The summed E-state index contributed by atoms with van der Waals surface area (Å²) in [6.45, 7) is 5.80. The van der Waals surface area contributed by atoms with Crippen molar-refractivity contribution in [1.29, 1.82) is 0 Å². The van der Waals surface area contributed by atoms with E-state index in [1.165, 1.54) is 0 Å². The number of carbonyl (C=O) groups excluding carboxylic acids is 2. The van der Waals surface area contributed by atoms with Crippen molar-refractivity contribution < 1.29 is 19.1 Å². The maximum atomic E-state index is 12.5. The maximum absolute atomic E-state index is 12.5. The largest absolute Gasteiger partial charge is 0.497 e. The number of amides is 2. The zero-order valence-electron chi connectivity index (χ0n) is 16.0. The van der Waals surface area contributed by atoms with Crippen molar-refractivity contribution in [1.82, 2.24) is 15.5 Å². The summed E-state index contributed by atoms with van der Waals surface area (Å²) < 4.78 is 10.5. The van der Waals surface area contributed by atoms with Gasteiger partial charge in [0.2, 0.25) is 11.8 Å². The molecule has 1 aromatic rings. The van der Waals surface area contributed by atoms with Crippen molar-refractivity contribution in [2.24, 2.45) is 5.92 Å². The first-order valence-electron chi connectivity index (χ1n) is 9.35. The summed E-state index contributed by atoms with van der Waals surface area (Å²) >= 11 is 0. The fourth-order valence-electron chi connectivity index (χ4n) is 3.50. The number of anilines is 1. The molecule has 2 heterocycles. The van der Waals surface area contributed by atoms with Crippen LogP contribution >= 0.6 is 0 Å². The molecule has 2 fully saturated rings. The minimum Gasteiger partial charge on any atom is -0.497 e. The lowest BCUT2D eigenvalue weighted by molar-refractivity contribution is -0.126. The second kappa shape index (κ2) is 9.05. The first kappa shape index (κ1) is 19.4. The number of nitrogens with one attached hydrogen (secondary N) is 2. The van der Waals surface area contributed by atoms with E-state index in [0.717, 1.165) is 32.7 Å². The number of hydrogen-bond acceptors (Lipinski definition) is 6. The lowest BCUT2D eigenvalue weighted by Gasteiger charge is -2.27. The van der Waals surface area contributed by atoms with Gasteiger partial charge in [0, 0.05) is 70.4 Å². The van der Waals surface area contributed by atoms with Crippen LogP contribution in [-0.2, 0) is 9.59 Å². The van der Waals surface area contributed by atoms with Crippen molar-refractivity contribution in [2.75, 3.05) is 64.9 Å². The van der Waals surface area contributed by atoms with Crippen LogP contribution < -0.4 is 25.0 Å². The molecule has 0 bridgehead atoms. The van der Waals surface area contributed by atoms with Crippen molar-refractivity contribution in [3.8, 4) is 11.5 Å². The molecule has 8 nitrogen and oxygen atoms in total. The van der Waals surface area contributed by atoms with Crippen LogP contribution in [0.4, 0.5) is 5.69 Å². The van der Waals surface area contributed by atoms with Crippen LogP contribution in [-0.4, -0.2) is 76.7 Å². The van der Waals surface area contributed by atoms with Gasteiger partial charge in [0.1, 0.15) is 11.5 Å². The SMILES string of the molecule is COc1cc(OC)cc(N2CC(C(=O)NCCN3CCNCC3)CC2=O)c1. The average Bonchev–Trinajstić information content (AvgIpc) is 3.10. The van der Waals surface area contributed by atoms with E-state index < -0.39 is 0 Å². The lowest BCUT2D eigenvalue weighted by atomic mass is 10.1. The van der Waals surface area contributed by atoms with Gasteiger partial charge in [0.15, 0.2) is 0 Å². The molecule has 2 aliphatic rings. The quantitative estimate of drug-likeness (QED) is 0.701. The third-order valence-corrected chi connectivity index (χ3v) is 5.08. The predicted octanol–water partition coefficient (Wildman–Crippen LogP) is 0.0781. The number of methoxy groups -OCH3 is 2. The Hall–Kier alpha value is -2.32. The van der Waals surface area contributed by atoms with Gasteiger partial charge in [-0.3, -0.25) is 14.5 Å². The van der Waals surface area contributed by atoms with Crippen LogP contribution in [0.15, 0.2) is 18.2 Å². The third kappa shape index (κ3) is 4.90. The van der Waals surface area contributed by atoms with Crippen molar-refractivity contribution in [3.63, 3.8) is 0 Å². The van der Waals surface area contributed by atoms with Gasteiger partial charge in [0.25, 0.3) is 0 Å². The molecule has 2 N–H and O–H groups in total. The second-order valence-electron chi connectivity index (χ2n) is 6.86. The highest BCUT2D eigenvalue weighted by atomic mass is 16.5. The highest BCUT2D eigenvalue weighted by Crippen LogP contribution is 2.32. The highest BCUT2D eigenvalue weighted by Gasteiger charge is 2.35. The Bertz CT molecular complexity index is 653. The molecule has 0 spiro atoms. The van der Waals surface area contributed by atoms with Crippen molar-refractivity contribution in [2.45, 2.75) is 6.42 Å². The number of ether oxygens (including phenoxy) is 2. The summed E-state index contributed by atoms with van der Waals surface area (Å²) in [6.07, 6.45) is 0.221. The molecule has 2 saturated heterocycles. The number of hydrogen-bond donors (Lipinski definition) is 2. The number of piperazine rings is 1. The van der Waals surface area contributed by atoms with E-state index in [0.29, 0.717) is 30.3 Å². The molecule has 0 aliphatic carbocycles. The molecule has 2 aliphatic heterocycles. The Labute approximate surface area is 159 Å². The summed E-state index contributed by atoms with van der Waals surface area (Å²) in [4.78, 5) is 28.9. The highest BCUT2D eigenvalue weighted by molar-refractivity contribution is 6.00. The van der Waals surface area contributed by atoms with E-state index in [-0.39, 0.29) is 24.2 Å². The molecular formula is C19H28N4O4. The molecule has 0 radical (unpaired) electrons. The van der Waals surface area contributed by atoms with Crippen LogP contribution in [0.1, 0.15) is 6.42 Å². The number of nitrogens with zero attached hydrogens (tertiary/aromatic N) is 2. The average molecular weight is 376 g/mol. The van der Waals surface area contributed by atoms with E-state index >= 15 is 0 Å². The molecule has 1 unspecified atom stereocenters. The molecule has 1 atom stereocenters. The minimum atomic E-state index is -0.335. The Kier molecular flexibility index (Phi) is 6.52. The minimum absolute atomic E-state index is 0.0594. The summed E-state index contributed by atoms with van der Waals surface area (Å²) in [7, 11) is 3.14. The monoisotopic (exact) mass is 376 g/mol. The normalized spacial score (nSPS) is 20.6. The molecule has 27 heavy (non-hydrogen) atoms. The first-order chi connectivity index (χ1) is 13.1. The Morgan fingerprint density at radius 1 is 1.19 bits per heavy atom. The predicted molar refractivity (Wildman–Crippen MR) is 102 cm³/mol. The van der Waals surface area contributed by atoms with E-state index in [1.54, 1.807) is 37.3 Å². The van der Waals surface area contributed by atoms with Gasteiger partial charge >= 0.3 is 0 Å². The molecule has 1 aromatic carbocycles. The van der Waals surface area contributed by atoms with Gasteiger partial charge in [-0.15, -0.1) is 0 Å². The molecule has 0 aromatic heterocycles. The standard InChI is InChI=1S/C19H28N4O4/c1-26-16-10-15(11-17(12-16)27-2)23-13-14(9-18(23)24)19(25)21-5-8-22-6-3-20-4-7-22/h10-12,14,20H,3-9,13H2,1-2H3,(H,21,25). The summed E-state index contributed by atoms with van der Waals surface area (Å²) in [5.74, 6) is 0.767. The summed E-state index contributed by atoms with van der Waals surface area (Å²) in [6, 6.07) is 5.32. The van der Waals surface area contributed by atoms with Crippen molar-refractivity contribution in [3.05, 3.63) is 18.2 Å². The topological polar surface area (TPSA) is 83.1 Å². The van der Waals surface area contributed by atoms with Gasteiger partial charge in [0.05, 0.1) is 25.8 Å². The van der Waals surface area contributed by atoms with E-state index in [2.05, 4.69) is 15.5 Å². The van der Waals surface area contributed by atoms with Gasteiger partial charge < -0.3 is 25.0 Å². The van der Waals surface area contributed by atoms with Crippen LogP contribution in [0.25, 0.3) is 0 Å². The summed E-state index contributed by atoms with van der Waals surface area (Å²) in [5, 5.41) is 6.29. The van der Waals surface area contributed by atoms with E-state index in [1.807, 2.05) is 0 Å². The van der Waals surface area contributed by atoms with E-state index in [9.17, 15) is 9.59 Å². The lowest BCUT2D eigenvalue weighted by Crippen LogP contribution is -2.46. The van der Waals surface area contributed by atoms with Gasteiger partial charge in [-0.25, -0.2) is 0 Å². The first-order valence-corrected chi connectivity index (χ1v) is 9.35. The fraction of sp³-hybridized carbons (Fsp3) is 0.579. The maximum Gasteiger partial charge on any atom is 0.227 e. The Morgan fingerprint density at radius 2 is 1.85 bits per heavy atom. The number of benzene rings is 1. The van der Waals surface area contributed by atoms with Gasteiger partial charge in [-0.2, -0.15) is 0 Å². The third-order valence-electron chi connectivity index (χ3n) is 5.08. The smallest absolute Gasteiger partial charge is 0.227 e. The van der Waals surface area contributed by atoms with Crippen LogP contribution in [0, 0.1) is 5.92 Å². The zero-order chi connectivity index (χ0) is 19.2. The van der Waals surface area contributed by atoms with Gasteiger partial charge in [-0.05, 0) is 0 Å². The Morgan fingerprint density at radius 3 is 2.48 bits per heavy atom. The van der Waals surface area contributed by atoms with Crippen LogP contribution in [0.2, 0.25) is 0 Å². The summed E-state index contributed by atoms with van der Waals surface area (Å²) in [5.41, 5.74) is 0.687. The van der Waals surface area contributed by atoms with Crippen LogP contribution in [0.5, 0.6) is 11.5 Å². The van der Waals surface area contributed by atoms with Crippen LogP contribution in [0.3, 0.4) is 0 Å². The Balaban J connectivity index is 1.55. The molecule has 2 amide bonds. The fourth-order valence-corrected chi connectivity index (χ4v) is 3.50. The number of rotatable bonds is 7. The van der Waals surface area contributed by atoms with Gasteiger partial charge in [-0.1, -0.05) is 0 Å². The number of carbonyl (C=O) groups is 2. The van der Waals surface area contributed by atoms with Crippen molar-refractivity contribution >= 4 is 17.5 Å². The molecular weight excluding hydrogens is 348 g/mol.